The normalized spacial score (nSPS) is 10.4. The molecule has 0 saturated carbocycles. The molecule has 0 atom stereocenters. The van der Waals surface area contributed by atoms with Crippen molar-refractivity contribution in [3.63, 3.8) is 0 Å². The molecule has 0 aliphatic heterocycles. The third kappa shape index (κ3) is 2.00. The van der Waals surface area contributed by atoms with Crippen molar-refractivity contribution in [3.8, 4) is 0 Å². The molecule has 1 aromatic rings. The van der Waals surface area contributed by atoms with Gasteiger partial charge in [-0.15, -0.1) is 0 Å². The van der Waals surface area contributed by atoms with Gasteiger partial charge in [0.15, 0.2) is 0 Å². The molecule has 0 spiro atoms. The van der Waals surface area contributed by atoms with E-state index >= 15 is 0 Å². The first-order chi connectivity index (χ1) is 7.82. The van der Waals surface area contributed by atoms with Gasteiger partial charge in [-0.1, -0.05) is 11.6 Å². The summed E-state index contributed by atoms with van der Waals surface area (Å²) in [6, 6.07) is 0. The van der Waals surface area contributed by atoms with Crippen molar-refractivity contribution in [3.05, 3.63) is 42.4 Å². The standard InChI is InChI=1S/C7H2ClF3N2O4/c8-3-2(1-9)4(10)7(13(16)17)5(11)6(3)12(14)15/h1H2. The second-order valence-electron chi connectivity index (χ2n) is 2.77. The van der Waals surface area contributed by atoms with Crippen LogP contribution in [0.1, 0.15) is 5.56 Å². The second-order valence-corrected chi connectivity index (χ2v) is 3.14. The Hall–Kier alpha value is -1.90. The topological polar surface area (TPSA) is 86.3 Å². The molecule has 0 N–H and O–H groups in total. The zero-order chi connectivity index (χ0) is 13.3. The van der Waals surface area contributed by atoms with Gasteiger partial charge in [0.05, 0.1) is 15.4 Å². The van der Waals surface area contributed by atoms with Gasteiger partial charge in [0.25, 0.3) is 5.82 Å². The molecule has 0 heterocycles. The molecular formula is C7H2ClF3N2O4. The third-order valence-electron chi connectivity index (χ3n) is 1.86. The zero-order valence-corrected chi connectivity index (χ0v) is 8.50. The number of alkyl halides is 1. The van der Waals surface area contributed by atoms with Gasteiger partial charge in [-0.05, 0) is 0 Å². The van der Waals surface area contributed by atoms with Crippen LogP contribution >= 0.6 is 11.6 Å². The Morgan fingerprint density at radius 1 is 1.06 bits per heavy atom. The van der Waals surface area contributed by atoms with E-state index in [-0.39, 0.29) is 0 Å². The highest BCUT2D eigenvalue weighted by molar-refractivity contribution is 6.33. The van der Waals surface area contributed by atoms with Crippen molar-refractivity contribution < 1.29 is 23.0 Å². The largest absolute Gasteiger partial charge is 0.347 e. The minimum atomic E-state index is -2.04. The van der Waals surface area contributed by atoms with Gasteiger partial charge in [0, 0.05) is 0 Å². The molecule has 1 rings (SSSR count). The molecule has 10 heteroatoms. The van der Waals surface area contributed by atoms with Gasteiger partial charge in [-0.3, -0.25) is 20.2 Å². The van der Waals surface area contributed by atoms with Crippen LogP contribution in [-0.2, 0) is 6.67 Å². The van der Waals surface area contributed by atoms with Crippen molar-refractivity contribution in [1.29, 1.82) is 0 Å². The lowest BCUT2D eigenvalue weighted by atomic mass is 10.1. The molecule has 0 radical (unpaired) electrons. The summed E-state index contributed by atoms with van der Waals surface area (Å²) in [6.07, 6.45) is 0. The first-order valence-electron chi connectivity index (χ1n) is 3.87. The van der Waals surface area contributed by atoms with E-state index < -0.39 is 50.1 Å². The van der Waals surface area contributed by atoms with Gasteiger partial charge in [-0.25, -0.2) is 4.39 Å². The minimum absolute atomic E-state index is 1.12. The van der Waals surface area contributed by atoms with Crippen LogP contribution in [0.3, 0.4) is 0 Å². The third-order valence-corrected chi connectivity index (χ3v) is 2.27. The average Bonchev–Trinajstić information content (AvgIpc) is 2.16. The highest BCUT2D eigenvalue weighted by atomic mass is 35.5. The lowest BCUT2D eigenvalue weighted by Crippen LogP contribution is -2.06. The SMILES string of the molecule is O=[N+]([O-])c1c(F)c(CF)c(Cl)c([N+](=O)[O-])c1F. The van der Waals surface area contributed by atoms with E-state index in [1.165, 1.54) is 0 Å². The quantitative estimate of drug-likeness (QED) is 0.624. The van der Waals surface area contributed by atoms with Crippen LogP contribution in [0, 0.1) is 31.9 Å². The smallest absolute Gasteiger partial charge is 0.258 e. The molecule has 0 saturated heterocycles. The summed E-state index contributed by atoms with van der Waals surface area (Å²) in [7, 11) is 0. The Morgan fingerprint density at radius 3 is 1.88 bits per heavy atom. The van der Waals surface area contributed by atoms with Gasteiger partial charge < -0.3 is 0 Å². The Balaban J connectivity index is 3.82. The molecular weight excluding hydrogens is 269 g/mol. The maximum atomic E-state index is 13.3. The summed E-state index contributed by atoms with van der Waals surface area (Å²) >= 11 is 5.21. The highest BCUT2D eigenvalue weighted by Crippen LogP contribution is 2.39. The van der Waals surface area contributed by atoms with E-state index in [1.54, 1.807) is 0 Å². The number of hydrogen-bond donors (Lipinski definition) is 0. The van der Waals surface area contributed by atoms with Gasteiger partial charge in [0.2, 0.25) is 5.82 Å². The van der Waals surface area contributed by atoms with Crippen molar-refractivity contribution in [2.45, 2.75) is 6.67 Å². The lowest BCUT2D eigenvalue weighted by molar-refractivity contribution is -0.401. The molecule has 0 amide bonds. The molecule has 0 unspecified atom stereocenters. The van der Waals surface area contributed by atoms with Crippen LogP contribution in [0.15, 0.2) is 0 Å². The fourth-order valence-corrected chi connectivity index (χ4v) is 1.41. The highest BCUT2D eigenvalue weighted by Gasteiger charge is 2.37. The first-order valence-corrected chi connectivity index (χ1v) is 4.24. The summed E-state index contributed by atoms with van der Waals surface area (Å²) in [4.78, 5) is 17.8. The van der Waals surface area contributed by atoms with Crippen molar-refractivity contribution >= 4 is 23.0 Å². The Labute approximate surface area is 95.9 Å². The van der Waals surface area contributed by atoms with E-state index in [9.17, 15) is 33.4 Å². The molecule has 17 heavy (non-hydrogen) atoms. The van der Waals surface area contributed by atoms with Crippen molar-refractivity contribution in [1.82, 2.24) is 0 Å². The van der Waals surface area contributed by atoms with Gasteiger partial charge in [-0.2, -0.15) is 8.78 Å². The van der Waals surface area contributed by atoms with Gasteiger partial charge in [0.1, 0.15) is 11.7 Å². The van der Waals surface area contributed by atoms with Crippen molar-refractivity contribution in [2.75, 3.05) is 0 Å². The monoisotopic (exact) mass is 270 g/mol. The number of nitrogens with zero attached hydrogens (tertiary/aromatic N) is 2. The molecule has 0 aliphatic carbocycles. The number of rotatable bonds is 3. The Kier molecular flexibility index (Phi) is 3.51. The van der Waals surface area contributed by atoms with E-state index in [4.69, 9.17) is 11.6 Å². The molecule has 0 fully saturated rings. The minimum Gasteiger partial charge on any atom is -0.258 e. The summed E-state index contributed by atoms with van der Waals surface area (Å²) < 4.78 is 38.9. The average molecular weight is 271 g/mol. The van der Waals surface area contributed by atoms with Crippen LogP contribution < -0.4 is 0 Å². The zero-order valence-electron chi connectivity index (χ0n) is 7.75. The predicted octanol–water partition coefficient (Wildman–Crippen LogP) is 2.90. The van der Waals surface area contributed by atoms with Crippen LogP contribution in [-0.4, -0.2) is 9.85 Å². The Morgan fingerprint density at radius 2 is 1.53 bits per heavy atom. The van der Waals surface area contributed by atoms with E-state index in [0.717, 1.165) is 0 Å². The molecule has 6 nitrogen and oxygen atoms in total. The number of benzene rings is 1. The van der Waals surface area contributed by atoms with Crippen LogP contribution in [0.4, 0.5) is 24.5 Å². The Bertz CT molecular complexity index is 481. The number of hydrogen-bond acceptors (Lipinski definition) is 4. The summed E-state index contributed by atoms with van der Waals surface area (Å²) in [5.74, 6) is -3.90. The maximum Gasteiger partial charge on any atom is 0.347 e. The summed E-state index contributed by atoms with van der Waals surface area (Å²) in [5.41, 5.74) is -4.44. The molecule has 0 aromatic heterocycles. The predicted molar refractivity (Wildman–Crippen MR) is 49.5 cm³/mol. The van der Waals surface area contributed by atoms with E-state index in [0.29, 0.717) is 0 Å². The van der Waals surface area contributed by atoms with Crippen molar-refractivity contribution in [2.24, 2.45) is 0 Å². The fraction of sp³-hybridized carbons (Fsp3) is 0.143. The second kappa shape index (κ2) is 4.53. The van der Waals surface area contributed by atoms with Crippen LogP contribution in [0.5, 0.6) is 0 Å². The first kappa shape index (κ1) is 13.2. The van der Waals surface area contributed by atoms with Gasteiger partial charge >= 0.3 is 11.4 Å². The van der Waals surface area contributed by atoms with E-state index in [1.807, 2.05) is 0 Å². The maximum absolute atomic E-state index is 13.3. The molecule has 92 valence electrons. The van der Waals surface area contributed by atoms with Crippen LogP contribution in [0.2, 0.25) is 5.02 Å². The number of halogens is 4. The summed E-state index contributed by atoms with van der Waals surface area (Å²) in [5, 5.41) is 19.6. The number of nitro groups is 2. The van der Waals surface area contributed by atoms with Crippen LogP contribution in [0.25, 0.3) is 0 Å². The fourth-order valence-electron chi connectivity index (χ4n) is 1.12. The molecule has 0 bridgehead atoms. The number of nitro benzene ring substituents is 2. The summed E-state index contributed by atoms with van der Waals surface area (Å²) in [6.45, 7) is -1.63. The molecule has 1 aromatic carbocycles. The van der Waals surface area contributed by atoms with E-state index in [2.05, 4.69) is 0 Å². The lowest BCUT2D eigenvalue weighted by Gasteiger charge is -2.04. The molecule has 0 aliphatic rings.